The van der Waals surface area contributed by atoms with Gasteiger partial charge in [-0.2, -0.15) is 17.0 Å². The van der Waals surface area contributed by atoms with Gasteiger partial charge in [0.2, 0.25) is 0 Å². The van der Waals surface area contributed by atoms with Gasteiger partial charge in [-0.15, -0.1) is 0 Å². The van der Waals surface area contributed by atoms with Crippen LogP contribution >= 0.6 is 11.8 Å². The molecule has 0 aliphatic heterocycles. The molecule has 0 aromatic heterocycles. The summed E-state index contributed by atoms with van der Waals surface area (Å²) < 4.78 is 0. The average Bonchev–Trinajstić information content (AvgIpc) is 2.31. The molecule has 1 unspecified atom stereocenters. The first-order valence-electron chi connectivity index (χ1n) is 6.03. The first-order valence-corrected chi connectivity index (χ1v) is 7.19. The van der Waals surface area contributed by atoms with E-state index in [4.69, 9.17) is 10.4 Å². The maximum absolute atomic E-state index is 9.10. The highest BCUT2D eigenvalue weighted by atomic mass is 32.2. The molecule has 0 fully saturated rings. The van der Waals surface area contributed by atoms with Crippen molar-refractivity contribution in [1.29, 1.82) is 5.26 Å². The highest BCUT2D eigenvalue weighted by Crippen LogP contribution is 2.14. The topological polar surface area (TPSA) is 56.0 Å². The Hall–Kier alpha value is -0.240. The summed E-state index contributed by atoms with van der Waals surface area (Å²) in [5.74, 6) is 1.90. The molecule has 0 aromatic carbocycles. The van der Waals surface area contributed by atoms with Crippen LogP contribution in [-0.2, 0) is 0 Å². The Morgan fingerprint density at radius 1 is 1.38 bits per heavy atom. The molecule has 0 aromatic rings. The summed E-state index contributed by atoms with van der Waals surface area (Å²) in [6.07, 6.45) is 4.15. The van der Waals surface area contributed by atoms with Crippen LogP contribution in [0.25, 0.3) is 0 Å². The van der Waals surface area contributed by atoms with Crippen molar-refractivity contribution in [1.82, 2.24) is 5.32 Å². The molecule has 4 heteroatoms. The van der Waals surface area contributed by atoms with E-state index in [0.29, 0.717) is 0 Å². The van der Waals surface area contributed by atoms with Crippen LogP contribution in [0.5, 0.6) is 0 Å². The van der Waals surface area contributed by atoms with E-state index in [-0.39, 0.29) is 12.1 Å². The first-order chi connectivity index (χ1) is 7.68. The van der Waals surface area contributed by atoms with E-state index in [2.05, 4.69) is 18.3 Å². The number of nitrogens with one attached hydrogen (secondary N) is 1. The van der Waals surface area contributed by atoms with Crippen LogP contribution in [0.3, 0.4) is 0 Å². The van der Waals surface area contributed by atoms with Gasteiger partial charge in [-0.3, -0.25) is 5.32 Å². The maximum Gasteiger partial charge on any atom is 0.103 e. The van der Waals surface area contributed by atoms with Gasteiger partial charge in [0.05, 0.1) is 12.7 Å². The largest absolute Gasteiger partial charge is 0.396 e. The number of hydrogen-bond acceptors (Lipinski definition) is 4. The number of aliphatic hydroxyl groups is 1. The van der Waals surface area contributed by atoms with Gasteiger partial charge in [-0.25, -0.2) is 0 Å². The van der Waals surface area contributed by atoms with Gasteiger partial charge in [0, 0.05) is 5.75 Å². The molecule has 2 N–H and O–H groups in total. The number of rotatable bonds is 10. The van der Waals surface area contributed by atoms with E-state index in [9.17, 15) is 0 Å². The number of thioether (sulfide) groups is 1. The molecule has 94 valence electrons. The van der Waals surface area contributed by atoms with Gasteiger partial charge < -0.3 is 5.11 Å². The molecule has 16 heavy (non-hydrogen) atoms. The Bertz CT molecular complexity index is 206. The Kier molecular flexibility index (Phi) is 9.80. The second-order valence-electron chi connectivity index (χ2n) is 4.16. The van der Waals surface area contributed by atoms with Crippen molar-refractivity contribution in [2.45, 2.75) is 45.1 Å². The molecular weight excluding hydrogens is 220 g/mol. The molecule has 0 saturated carbocycles. The molecule has 0 aliphatic carbocycles. The highest BCUT2D eigenvalue weighted by Gasteiger charge is 2.21. The zero-order valence-corrected chi connectivity index (χ0v) is 11.3. The SMILES string of the molecule is CCCNC(C)(C#N)CCCCSCCO. The molecule has 1 atom stereocenters. The minimum absolute atomic E-state index is 0.263. The normalized spacial score (nSPS) is 14.4. The number of nitriles is 1. The van der Waals surface area contributed by atoms with Gasteiger partial charge in [0.1, 0.15) is 5.54 Å². The fourth-order valence-corrected chi connectivity index (χ4v) is 2.18. The quantitative estimate of drug-likeness (QED) is 0.578. The van der Waals surface area contributed by atoms with Crippen molar-refractivity contribution in [2.75, 3.05) is 24.7 Å². The van der Waals surface area contributed by atoms with Crippen molar-refractivity contribution in [3.8, 4) is 6.07 Å². The van der Waals surface area contributed by atoms with Crippen LogP contribution in [0.15, 0.2) is 0 Å². The van der Waals surface area contributed by atoms with Crippen molar-refractivity contribution < 1.29 is 5.11 Å². The van der Waals surface area contributed by atoms with Gasteiger partial charge in [0.25, 0.3) is 0 Å². The zero-order chi connectivity index (χ0) is 12.3. The van der Waals surface area contributed by atoms with Gasteiger partial charge in [-0.05, 0) is 44.9 Å². The van der Waals surface area contributed by atoms with Gasteiger partial charge in [-0.1, -0.05) is 6.92 Å². The van der Waals surface area contributed by atoms with Crippen LogP contribution in [0.1, 0.15) is 39.5 Å². The lowest BCUT2D eigenvalue weighted by Crippen LogP contribution is -2.41. The second kappa shape index (κ2) is 9.95. The average molecular weight is 244 g/mol. The van der Waals surface area contributed by atoms with Crippen molar-refractivity contribution >= 4 is 11.8 Å². The molecule has 0 rings (SSSR count). The van der Waals surface area contributed by atoms with Gasteiger partial charge in [0.15, 0.2) is 0 Å². The molecule has 0 bridgehead atoms. The van der Waals surface area contributed by atoms with E-state index in [1.165, 1.54) is 0 Å². The second-order valence-corrected chi connectivity index (χ2v) is 5.39. The van der Waals surface area contributed by atoms with Crippen molar-refractivity contribution in [3.05, 3.63) is 0 Å². The Labute approximate surface area is 104 Å². The third-order valence-corrected chi connectivity index (χ3v) is 3.51. The predicted molar refractivity (Wildman–Crippen MR) is 70.6 cm³/mol. The molecule has 0 aliphatic rings. The minimum atomic E-state index is -0.363. The Morgan fingerprint density at radius 2 is 2.12 bits per heavy atom. The summed E-state index contributed by atoms with van der Waals surface area (Å²) in [5.41, 5.74) is -0.363. The Morgan fingerprint density at radius 3 is 2.69 bits per heavy atom. The van der Waals surface area contributed by atoms with Crippen molar-refractivity contribution in [3.63, 3.8) is 0 Å². The molecule has 0 radical (unpaired) electrons. The number of nitrogens with zero attached hydrogens (tertiary/aromatic N) is 1. The smallest absolute Gasteiger partial charge is 0.103 e. The molecule has 0 spiro atoms. The van der Waals surface area contributed by atoms with E-state index in [1.807, 2.05) is 6.92 Å². The van der Waals surface area contributed by atoms with Crippen LogP contribution < -0.4 is 5.32 Å². The molecule has 0 amide bonds. The van der Waals surface area contributed by atoms with Crippen LogP contribution in [-0.4, -0.2) is 35.3 Å². The maximum atomic E-state index is 9.10. The van der Waals surface area contributed by atoms with Gasteiger partial charge >= 0.3 is 0 Å². The molecule has 3 nitrogen and oxygen atoms in total. The summed E-state index contributed by atoms with van der Waals surface area (Å²) in [6, 6.07) is 2.36. The summed E-state index contributed by atoms with van der Waals surface area (Å²) in [4.78, 5) is 0. The van der Waals surface area contributed by atoms with Crippen LogP contribution in [0.4, 0.5) is 0 Å². The number of unbranched alkanes of at least 4 members (excludes halogenated alkanes) is 1. The lowest BCUT2D eigenvalue weighted by Gasteiger charge is -2.22. The van der Waals surface area contributed by atoms with Crippen LogP contribution in [0.2, 0.25) is 0 Å². The minimum Gasteiger partial charge on any atom is -0.396 e. The van der Waals surface area contributed by atoms with Crippen molar-refractivity contribution in [2.24, 2.45) is 0 Å². The van der Waals surface area contributed by atoms with E-state index >= 15 is 0 Å². The fourth-order valence-electron chi connectivity index (χ4n) is 1.43. The summed E-state index contributed by atoms with van der Waals surface area (Å²) in [5, 5.41) is 21.0. The summed E-state index contributed by atoms with van der Waals surface area (Å²) >= 11 is 1.78. The third-order valence-electron chi connectivity index (χ3n) is 2.46. The highest BCUT2D eigenvalue weighted by molar-refractivity contribution is 7.99. The zero-order valence-electron chi connectivity index (χ0n) is 10.5. The lowest BCUT2D eigenvalue weighted by molar-refractivity contribution is 0.322. The molecule has 0 saturated heterocycles. The Balaban J connectivity index is 3.58. The summed E-state index contributed by atoms with van der Waals surface area (Å²) in [7, 11) is 0. The standard InChI is InChI=1S/C12H24N2OS/c1-3-7-14-12(2,11-13)6-4-5-9-16-10-8-15/h14-15H,3-10H2,1-2H3. The van der Waals surface area contributed by atoms with Crippen LogP contribution in [0, 0.1) is 11.3 Å². The first kappa shape index (κ1) is 15.8. The fraction of sp³-hybridized carbons (Fsp3) is 0.917. The monoisotopic (exact) mass is 244 g/mol. The van der Waals surface area contributed by atoms with E-state index in [0.717, 1.165) is 43.7 Å². The molecule has 0 heterocycles. The van der Waals surface area contributed by atoms with E-state index < -0.39 is 0 Å². The number of hydrogen-bond donors (Lipinski definition) is 2. The summed E-state index contributed by atoms with van der Waals surface area (Å²) in [6.45, 7) is 5.25. The van der Waals surface area contributed by atoms with E-state index in [1.54, 1.807) is 11.8 Å². The predicted octanol–water partition coefficient (Wildman–Crippen LogP) is 2.16. The lowest BCUT2D eigenvalue weighted by atomic mass is 9.96. The third kappa shape index (κ3) is 7.98. The number of aliphatic hydroxyl groups excluding tert-OH is 1. The molecular formula is C12H24N2OS.